The number of hydrogen-bond donors (Lipinski definition) is 2. The van der Waals surface area contributed by atoms with Gasteiger partial charge in [-0.15, -0.1) is 5.11 Å². The fourth-order valence-corrected chi connectivity index (χ4v) is 2.02. The summed E-state index contributed by atoms with van der Waals surface area (Å²) in [5.74, 6) is 0.739. The molecule has 110 valence electrons. The van der Waals surface area contributed by atoms with E-state index < -0.39 is 0 Å². The van der Waals surface area contributed by atoms with Crippen molar-refractivity contribution in [3.05, 3.63) is 65.0 Å². The van der Waals surface area contributed by atoms with Crippen molar-refractivity contribution < 1.29 is 4.74 Å². The van der Waals surface area contributed by atoms with Gasteiger partial charge in [0, 0.05) is 5.56 Å². The summed E-state index contributed by atoms with van der Waals surface area (Å²) in [6.45, 7) is 0. The molecule has 1 aromatic heterocycles. The molecule has 2 aromatic carbocycles. The Bertz CT molecular complexity index is 833. The maximum absolute atomic E-state index is 11.9. The van der Waals surface area contributed by atoms with Crippen molar-refractivity contribution in [2.75, 3.05) is 7.11 Å². The fourth-order valence-electron chi connectivity index (χ4n) is 2.02. The number of H-pyrrole nitrogens is 2. The van der Waals surface area contributed by atoms with Gasteiger partial charge in [0.1, 0.15) is 5.75 Å². The van der Waals surface area contributed by atoms with E-state index in [4.69, 9.17) is 4.74 Å². The molecule has 0 amide bonds. The molecule has 0 radical (unpaired) electrons. The quantitative estimate of drug-likeness (QED) is 0.717. The highest BCUT2D eigenvalue weighted by molar-refractivity contribution is 5.71. The summed E-state index contributed by atoms with van der Waals surface area (Å²) < 4.78 is 5.08. The molecule has 3 aromatic rings. The molecule has 1 heterocycles. The molecular weight excluding hydrogens is 280 g/mol. The molecule has 0 bridgehead atoms. The molecule has 6 heteroatoms. The van der Waals surface area contributed by atoms with Crippen LogP contribution >= 0.6 is 0 Å². The largest absolute Gasteiger partial charge is 0.497 e. The molecule has 22 heavy (non-hydrogen) atoms. The van der Waals surface area contributed by atoms with Crippen molar-refractivity contribution >= 4 is 11.4 Å². The van der Waals surface area contributed by atoms with Gasteiger partial charge in [0.25, 0.3) is 5.56 Å². The van der Waals surface area contributed by atoms with Crippen molar-refractivity contribution in [3.63, 3.8) is 0 Å². The smallest absolute Gasteiger partial charge is 0.292 e. The first-order chi connectivity index (χ1) is 10.8. The van der Waals surface area contributed by atoms with Crippen LogP contribution in [0.3, 0.4) is 0 Å². The van der Waals surface area contributed by atoms with Crippen LogP contribution in [0.1, 0.15) is 0 Å². The number of rotatable bonds is 4. The molecule has 0 aliphatic heterocycles. The molecule has 0 aliphatic rings. The highest BCUT2D eigenvalue weighted by atomic mass is 16.5. The number of nitrogens with one attached hydrogen (secondary N) is 2. The van der Waals surface area contributed by atoms with Gasteiger partial charge < -0.3 is 4.74 Å². The molecule has 6 nitrogen and oxygen atoms in total. The second-order valence-electron chi connectivity index (χ2n) is 4.57. The number of aromatic amines is 2. The maximum Gasteiger partial charge on any atom is 0.292 e. The Balaban J connectivity index is 1.93. The second-order valence-corrected chi connectivity index (χ2v) is 4.57. The van der Waals surface area contributed by atoms with Crippen LogP contribution in [0.4, 0.5) is 11.4 Å². The van der Waals surface area contributed by atoms with Gasteiger partial charge in [0.15, 0.2) is 5.69 Å². The molecule has 0 aliphatic carbocycles. The van der Waals surface area contributed by atoms with Crippen molar-refractivity contribution in [2.24, 2.45) is 10.2 Å². The maximum atomic E-state index is 11.9. The van der Waals surface area contributed by atoms with Gasteiger partial charge in [-0.3, -0.25) is 15.0 Å². The summed E-state index contributed by atoms with van der Waals surface area (Å²) in [6.07, 6.45) is 0. The molecule has 0 atom stereocenters. The normalized spacial score (nSPS) is 11.0. The SMILES string of the molecule is COc1ccc(N=Nc2c(-c3ccccc3)[nH][nH]c2=O)cc1. The highest BCUT2D eigenvalue weighted by Gasteiger charge is 2.10. The summed E-state index contributed by atoms with van der Waals surface area (Å²) in [5.41, 5.74) is 2.06. The molecule has 0 unspecified atom stereocenters. The van der Waals surface area contributed by atoms with Crippen LogP contribution < -0.4 is 10.3 Å². The minimum Gasteiger partial charge on any atom is -0.497 e. The summed E-state index contributed by atoms with van der Waals surface area (Å²) in [4.78, 5) is 11.9. The Kier molecular flexibility index (Phi) is 3.82. The van der Waals surface area contributed by atoms with Gasteiger partial charge >= 0.3 is 0 Å². The van der Waals surface area contributed by atoms with E-state index in [1.165, 1.54) is 0 Å². The van der Waals surface area contributed by atoms with Gasteiger partial charge in [-0.25, -0.2) is 0 Å². The third-order valence-electron chi connectivity index (χ3n) is 3.15. The zero-order valence-corrected chi connectivity index (χ0v) is 11.9. The molecular formula is C16H14N4O2. The molecule has 0 saturated carbocycles. The van der Waals surface area contributed by atoms with Crippen LogP contribution in [0, 0.1) is 0 Å². The van der Waals surface area contributed by atoms with E-state index >= 15 is 0 Å². The highest BCUT2D eigenvalue weighted by Crippen LogP contribution is 2.26. The van der Waals surface area contributed by atoms with Crippen LogP contribution in [-0.2, 0) is 0 Å². The van der Waals surface area contributed by atoms with Crippen LogP contribution in [0.2, 0.25) is 0 Å². The number of methoxy groups -OCH3 is 1. The summed E-state index contributed by atoms with van der Waals surface area (Å²) in [6, 6.07) is 16.6. The summed E-state index contributed by atoms with van der Waals surface area (Å²) in [5, 5.41) is 13.5. The van der Waals surface area contributed by atoms with E-state index in [1.54, 1.807) is 31.4 Å². The number of aromatic nitrogens is 2. The van der Waals surface area contributed by atoms with Crippen LogP contribution in [0.5, 0.6) is 5.75 Å². The van der Waals surface area contributed by atoms with Crippen LogP contribution in [-0.4, -0.2) is 17.3 Å². The average molecular weight is 294 g/mol. The zero-order chi connectivity index (χ0) is 15.4. The monoisotopic (exact) mass is 294 g/mol. The lowest BCUT2D eigenvalue weighted by Gasteiger charge is -1.99. The average Bonchev–Trinajstić information content (AvgIpc) is 2.95. The van der Waals surface area contributed by atoms with E-state index in [0.717, 1.165) is 11.3 Å². The molecule has 3 rings (SSSR count). The van der Waals surface area contributed by atoms with Gasteiger partial charge in [0.2, 0.25) is 0 Å². The standard InChI is InChI=1S/C16H14N4O2/c1-22-13-9-7-12(8-10-13)17-19-15-14(18-20-16(15)21)11-5-3-2-4-6-11/h2-10H,1H3,(H2,18,20,21). The Labute approximate surface area is 126 Å². The van der Waals surface area contributed by atoms with Gasteiger partial charge in [-0.1, -0.05) is 30.3 Å². The van der Waals surface area contributed by atoms with Gasteiger partial charge in [0.05, 0.1) is 18.5 Å². The Hall–Kier alpha value is -3.15. The minimum atomic E-state index is -0.309. The number of benzene rings is 2. The van der Waals surface area contributed by atoms with E-state index in [9.17, 15) is 4.79 Å². The first kappa shape index (κ1) is 13.8. The number of azo groups is 1. The van der Waals surface area contributed by atoms with Crippen LogP contribution in [0.15, 0.2) is 69.6 Å². The Morgan fingerprint density at radius 3 is 2.32 bits per heavy atom. The lowest BCUT2D eigenvalue weighted by atomic mass is 10.1. The lowest BCUT2D eigenvalue weighted by molar-refractivity contribution is 0.415. The van der Waals surface area contributed by atoms with Crippen molar-refractivity contribution in [3.8, 4) is 17.0 Å². The molecule has 0 spiro atoms. The van der Waals surface area contributed by atoms with E-state index in [-0.39, 0.29) is 11.2 Å². The van der Waals surface area contributed by atoms with E-state index in [1.807, 2.05) is 30.3 Å². The summed E-state index contributed by atoms with van der Waals surface area (Å²) in [7, 11) is 1.60. The van der Waals surface area contributed by atoms with Crippen molar-refractivity contribution in [1.82, 2.24) is 10.2 Å². The second kappa shape index (κ2) is 6.09. The molecule has 2 N–H and O–H groups in total. The zero-order valence-electron chi connectivity index (χ0n) is 11.9. The predicted octanol–water partition coefficient (Wildman–Crippen LogP) is 3.79. The third kappa shape index (κ3) is 2.80. The number of hydrogen-bond acceptors (Lipinski definition) is 4. The Morgan fingerprint density at radius 1 is 0.909 bits per heavy atom. The molecule has 0 saturated heterocycles. The summed E-state index contributed by atoms with van der Waals surface area (Å²) >= 11 is 0. The van der Waals surface area contributed by atoms with E-state index in [0.29, 0.717) is 11.4 Å². The molecule has 0 fully saturated rings. The van der Waals surface area contributed by atoms with Crippen molar-refractivity contribution in [1.29, 1.82) is 0 Å². The van der Waals surface area contributed by atoms with Crippen LogP contribution in [0.25, 0.3) is 11.3 Å². The van der Waals surface area contributed by atoms with Crippen molar-refractivity contribution in [2.45, 2.75) is 0 Å². The number of ether oxygens (including phenoxy) is 1. The first-order valence-corrected chi connectivity index (χ1v) is 6.70. The lowest BCUT2D eigenvalue weighted by Crippen LogP contribution is -1.96. The van der Waals surface area contributed by atoms with E-state index in [2.05, 4.69) is 20.4 Å². The Morgan fingerprint density at radius 2 is 1.64 bits per heavy atom. The van der Waals surface area contributed by atoms with Gasteiger partial charge in [-0.2, -0.15) is 5.11 Å². The van der Waals surface area contributed by atoms with Gasteiger partial charge in [-0.05, 0) is 24.3 Å². The first-order valence-electron chi connectivity index (χ1n) is 6.70. The number of nitrogens with zero attached hydrogens (tertiary/aromatic N) is 2. The topological polar surface area (TPSA) is 82.6 Å². The third-order valence-corrected chi connectivity index (χ3v) is 3.15. The minimum absolute atomic E-state index is 0.252. The fraction of sp³-hybridized carbons (Fsp3) is 0.0625. The predicted molar refractivity (Wildman–Crippen MR) is 84.0 cm³/mol.